The number of fused-ring (bicyclic) bond motifs is 1. The summed E-state index contributed by atoms with van der Waals surface area (Å²) in [5, 5.41) is 0. The third-order valence-electron chi connectivity index (χ3n) is 4.31. The largest absolute Gasteiger partial charge is 0.494 e. The van der Waals surface area contributed by atoms with E-state index in [0.29, 0.717) is 0 Å². The maximum Gasteiger partial charge on any atom is 0.119 e. The van der Waals surface area contributed by atoms with Gasteiger partial charge >= 0.3 is 0 Å². The van der Waals surface area contributed by atoms with Crippen molar-refractivity contribution >= 4 is 11.8 Å². The highest BCUT2D eigenvalue weighted by Crippen LogP contribution is 2.25. The Morgan fingerprint density at radius 3 is 2.79 bits per heavy atom. The van der Waals surface area contributed by atoms with Crippen LogP contribution in [0.4, 0.5) is 0 Å². The number of nitrogens with zero attached hydrogens (tertiary/aromatic N) is 1. The van der Waals surface area contributed by atoms with E-state index in [1.807, 2.05) is 6.07 Å². The van der Waals surface area contributed by atoms with Crippen LogP contribution in [0.2, 0.25) is 0 Å². The number of ether oxygens (including phenoxy) is 1. The molecule has 0 saturated heterocycles. The molecule has 0 bridgehead atoms. The van der Waals surface area contributed by atoms with Crippen molar-refractivity contribution in [2.75, 3.05) is 13.2 Å². The SMILES string of the molecule is CCCCOc1ccc2c(c1)CCN=C2C(C)=Cc1ccccc1. The maximum absolute atomic E-state index is 5.85. The van der Waals surface area contributed by atoms with Crippen LogP contribution in [0.25, 0.3) is 6.08 Å². The summed E-state index contributed by atoms with van der Waals surface area (Å²) in [7, 11) is 0. The van der Waals surface area contributed by atoms with Gasteiger partial charge < -0.3 is 4.74 Å². The zero-order chi connectivity index (χ0) is 16.8. The number of benzene rings is 2. The molecule has 2 heteroatoms. The van der Waals surface area contributed by atoms with Crippen molar-refractivity contribution in [1.82, 2.24) is 0 Å². The fraction of sp³-hybridized carbons (Fsp3) is 0.318. The van der Waals surface area contributed by atoms with Crippen LogP contribution in [0.15, 0.2) is 59.1 Å². The van der Waals surface area contributed by atoms with Crippen LogP contribution in [0, 0.1) is 0 Å². The molecule has 24 heavy (non-hydrogen) atoms. The highest BCUT2D eigenvalue weighted by atomic mass is 16.5. The van der Waals surface area contributed by atoms with Gasteiger partial charge in [-0.05, 0) is 60.7 Å². The quantitative estimate of drug-likeness (QED) is 0.661. The van der Waals surface area contributed by atoms with Crippen LogP contribution < -0.4 is 4.74 Å². The summed E-state index contributed by atoms with van der Waals surface area (Å²) in [5.74, 6) is 0.980. The molecule has 0 saturated carbocycles. The van der Waals surface area contributed by atoms with Crippen molar-refractivity contribution in [3.05, 3.63) is 70.8 Å². The number of hydrogen-bond acceptors (Lipinski definition) is 2. The average molecular weight is 319 g/mol. The lowest BCUT2D eigenvalue weighted by Crippen LogP contribution is -2.14. The molecule has 0 fully saturated rings. The van der Waals surface area contributed by atoms with Gasteiger partial charge in [0.2, 0.25) is 0 Å². The molecule has 1 aliphatic rings. The lowest BCUT2D eigenvalue weighted by molar-refractivity contribution is 0.309. The molecular formula is C22H25NO. The third kappa shape index (κ3) is 3.94. The Bertz CT molecular complexity index is 744. The van der Waals surface area contributed by atoms with E-state index in [4.69, 9.17) is 9.73 Å². The van der Waals surface area contributed by atoms with Gasteiger partial charge in [0.15, 0.2) is 0 Å². The monoisotopic (exact) mass is 319 g/mol. The van der Waals surface area contributed by atoms with E-state index < -0.39 is 0 Å². The first kappa shape index (κ1) is 16.5. The molecule has 0 aromatic heterocycles. The van der Waals surface area contributed by atoms with Crippen LogP contribution in [0.3, 0.4) is 0 Å². The van der Waals surface area contributed by atoms with Crippen molar-refractivity contribution in [1.29, 1.82) is 0 Å². The van der Waals surface area contributed by atoms with E-state index in [1.54, 1.807) is 0 Å². The zero-order valence-electron chi connectivity index (χ0n) is 14.6. The molecule has 0 radical (unpaired) electrons. The van der Waals surface area contributed by atoms with Gasteiger partial charge in [-0.1, -0.05) is 43.7 Å². The van der Waals surface area contributed by atoms with Crippen LogP contribution in [0.1, 0.15) is 43.4 Å². The van der Waals surface area contributed by atoms with Crippen molar-refractivity contribution in [3.63, 3.8) is 0 Å². The van der Waals surface area contributed by atoms with E-state index in [1.165, 1.54) is 22.3 Å². The summed E-state index contributed by atoms with van der Waals surface area (Å²) in [6, 6.07) is 16.8. The molecule has 0 N–H and O–H groups in total. The summed E-state index contributed by atoms with van der Waals surface area (Å²) in [6.07, 6.45) is 5.45. The Balaban J connectivity index is 1.83. The molecule has 0 amide bonds. The molecule has 0 spiro atoms. The molecule has 124 valence electrons. The van der Waals surface area contributed by atoms with Gasteiger partial charge in [0, 0.05) is 12.1 Å². The second-order valence-corrected chi connectivity index (χ2v) is 6.24. The fourth-order valence-electron chi connectivity index (χ4n) is 3.01. The predicted octanol–water partition coefficient (Wildman–Crippen LogP) is 5.31. The first-order chi connectivity index (χ1) is 11.8. The molecule has 2 aromatic carbocycles. The Morgan fingerprint density at radius 1 is 1.17 bits per heavy atom. The summed E-state index contributed by atoms with van der Waals surface area (Å²) in [6.45, 7) is 5.97. The summed E-state index contributed by atoms with van der Waals surface area (Å²) in [4.78, 5) is 4.78. The van der Waals surface area contributed by atoms with Gasteiger partial charge in [0.05, 0.1) is 12.3 Å². The van der Waals surface area contributed by atoms with E-state index in [2.05, 4.69) is 62.4 Å². The molecule has 2 nitrogen and oxygen atoms in total. The molecule has 3 rings (SSSR count). The minimum Gasteiger partial charge on any atom is -0.494 e. The van der Waals surface area contributed by atoms with Crippen molar-refractivity contribution in [2.24, 2.45) is 4.99 Å². The summed E-state index contributed by atoms with van der Waals surface area (Å²) < 4.78 is 5.85. The van der Waals surface area contributed by atoms with Gasteiger partial charge in [-0.3, -0.25) is 4.99 Å². The normalized spacial score (nSPS) is 14.1. The lowest BCUT2D eigenvalue weighted by Gasteiger charge is -2.19. The minimum absolute atomic E-state index is 0.795. The Kier molecular flexibility index (Phi) is 5.47. The van der Waals surface area contributed by atoms with Gasteiger partial charge in [-0.15, -0.1) is 0 Å². The standard InChI is InChI=1S/C22H25NO/c1-3-4-14-24-20-10-11-21-19(16-20)12-13-23-22(21)17(2)15-18-8-6-5-7-9-18/h5-11,15-16H,3-4,12-14H2,1-2H3. The number of rotatable bonds is 6. The first-order valence-corrected chi connectivity index (χ1v) is 8.82. The molecule has 0 aliphatic carbocycles. The van der Waals surface area contributed by atoms with Gasteiger partial charge in [-0.25, -0.2) is 0 Å². The smallest absolute Gasteiger partial charge is 0.119 e. The van der Waals surface area contributed by atoms with Crippen LogP contribution in [0.5, 0.6) is 5.75 Å². The second-order valence-electron chi connectivity index (χ2n) is 6.24. The Morgan fingerprint density at radius 2 is 2.00 bits per heavy atom. The average Bonchev–Trinajstić information content (AvgIpc) is 2.62. The number of unbranched alkanes of at least 4 members (excludes halogenated alkanes) is 1. The summed E-state index contributed by atoms with van der Waals surface area (Å²) >= 11 is 0. The van der Waals surface area contributed by atoms with Crippen molar-refractivity contribution in [3.8, 4) is 5.75 Å². The highest BCUT2D eigenvalue weighted by Gasteiger charge is 2.16. The molecule has 0 atom stereocenters. The number of aliphatic imine (C=N–C) groups is 1. The zero-order valence-corrected chi connectivity index (χ0v) is 14.6. The second kappa shape index (κ2) is 7.96. The molecular weight excluding hydrogens is 294 g/mol. The van der Waals surface area contributed by atoms with E-state index in [0.717, 1.165) is 43.9 Å². The van der Waals surface area contributed by atoms with Crippen LogP contribution in [-0.4, -0.2) is 18.9 Å². The van der Waals surface area contributed by atoms with E-state index >= 15 is 0 Å². The van der Waals surface area contributed by atoms with Crippen molar-refractivity contribution < 1.29 is 4.74 Å². The Hall–Kier alpha value is -2.35. The number of allylic oxidation sites excluding steroid dienone is 1. The Labute approximate surface area is 144 Å². The fourth-order valence-corrected chi connectivity index (χ4v) is 3.01. The number of hydrogen-bond donors (Lipinski definition) is 0. The minimum atomic E-state index is 0.795. The van der Waals surface area contributed by atoms with Crippen molar-refractivity contribution in [2.45, 2.75) is 33.1 Å². The molecule has 1 aliphatic heterocycles. The topological polar surface area (TPSA) is 21.6 Å². The summed E-state index contributed by atoms with van der Waals surface area (Å²) in [5.41, 5.74) is 6.12. The molecule has 1 heterocycles. The molecule has 2 aromatic rings. The van der Waals surface area contributed by atoms with E-state index in [9.17, 15) is 0 Å². The van der Waals surface area contributed by atoms with Crippen LogP contribution in [-0.2, 0) is 6.42 Å². The lowest BCUT2D eigenvalue weighted by atomic mass is 9.93. The predicted molar refractivity (Wildman–Crippen MR) is 102 cm³/mol. The van der Waals surface area contributed by atoms with Crippen LogP contribution >= 0.6 is 0 Å². The van der Waals surface area contributed by atoms with Gasteiger partial charge in [0.1, 0.15) is 5.75 Å². The highest BCUT2D eigenvalue weighted by molar-refractivity contribution is 6.15. The third-order valence-corrected chi connectivity index (χ3v) is 4.31. The molecule has 0 unspecified atom stereocenters. The van der Waals surface area contributed by atoms with E-state index in [-0.39, 0.29) is 0 Å². The first-order valence-electron chi connectivity index (χ1n) is 8.82. The van der Waals surface area contributed by atoms with Gasteiger partial charge in [-0.2, -0.15) is 0 Å². The van der Waals surface area contributed by atoms with Gasteiger partial charge in [0.25, 0.3) is 0 Å². The maximum atomic E-state index is 5.85.